The molecule has 0 fully saturated rings. The SMILES string of the molecule is CCOCCCNC(=O)c1cccc(NC(=O)C(NC(=O)c2ccccc2)C(C)C)c1. The van der Waals surface area contributed by atoms with E-state index in [2.05, 4.69) is 16.0 Å². The molecule has 166 valence electrons. The van der Waals surface area contributed by atoms with Gasteiger partial charge < -0.3 is 20.7 Å². The zero-order valence-electron chi connectivity index (χ0n) is 18.3. The van der Waals surface area contributed by atoms with Gasteiger partial charge in [-0.25, -0.2) is 0 Å². The van der Waals surface area contributed by atoms with Gasteiger partial charge in [-0.3, -0.25) is 14.4 Å². The first-order valence-corrected chi connectivity index (χ1v) is 10.5. The van der Waals surface area contributed by atoms with Gasteiger partial charge in [-0.2, -0.15) is 0 Å². The van der Waals surface area contributed by atoms with Gasteiger partial charge in [-0.1, -0.05) is 38.1 Å². The van der Waals surface area contributed by atoms with Crippen LogP contribution in [0.4, 0.5) is 5.69 Å². The quantitative estimate of drug-likeness (QED) is 0.482. The third kappa shape index (κ3) is 7.86. The Labute approximate surface area is 183 Å². The van der Waals surface area contributed by atoms with E-state index in [9.17, 15) is 14.4 Å². The molecule has 0 saturated carbocycles. The van der Waals surface area contributed by atoms with Crippen molar-refractivity contribution in [2.24, 2.45) is 5.92 Å². The number of ether oxygens (including phenoxy) is 1. The standard InChI is InChI=1S/C24H31N3O4/c1-4-31-15-9-14-25-22(28)19-12-8-13-20(16-19)26-24(30)21(17(2)3)27-23(29)18-10-6-5-7-11-18/h5-8,10-13,16-17,21H,4,9,14-15H2,1-3H3,(H,25,28)(H,26,30)(H,27,29). The van der Waals surface area contributed by atoms with Gasteiger partial charge in [0, 0.05) is 36.6 Å². The molecule has 0 aliphatic carbocycles. The van der Waals surface area contributed by atoms with Gasteiger partial charge in [0.15, 0.2) is 0 Å². The van der Waals surface area contributed by atoms with Crippen LogP contribution >= 0.6 is 0 Å². The molecular weight excluding hydrogens is 394 g/mol. The van der Waals surface area contributed by atoms with Crippen molar-refractivity contribution < 1.29 is 19.1 Å². The highest BCUT2D eigenvalue weighted by Gasteiger charge is 2.25. The summed E-state index contributed by atoms with van der Waals surface area (Å²) in [6.07, 6.45) is 0.729. The van der Waals surface area contributed by atoms with Gasteiger partial charge in [0.25, 0.3) is 11.8 Å². The fourth-order valence-corrected chi connectivity index (χ4v) is 2.93. The smallest absolute Gasteiger partial charge is 0.251 e. The van der Waals surface area contributed by atoms with Crippen LogP contribution in [0.15, 0.2) is 54.6 Å². The van der Waals surface area contributed by atoms with Crippen molar-refractivity contribution in [2.75, 3.05) is 25.1 Å². The minimum atomic E-state index is -0.719. The molecule has 0 saturated heterocycles. The first-order chi connectivity index (χ1) is 14.9. The lowest BCUT2D eigenvalue weighted by atomic mass is 10.0. The molecule has 0 aliphatic rings. The molecule has 0 bridgehead atoms. The zero-order valence-corrected chi connectivity index (χ0v) is 18.3. The Hall–Kier alpha value is -3.19. The maximum atomic E-state index is 12.8. The van der Waals surface area contributed by atoms with E-state index < -0.39 is 6.04 Å². The molecule has 2 rings (SSSR count). The Balaban J connectivity index is 1.98. The summed E-state index contributed by atoms with van der Waals surface area (Å²) in [4.78, 5) is 37.6. The summed E-state index contributed by atoms with van der Waals surface area (Å²) in [5.41, 5.74) is 1.43. The predicted molar refractivity (Wildman–Crippen MR) is 121 cm³/mol. The van der Waals surface area contributed by atoms with E-state index in [0.717, 1.165) is 6.42 Å². The summed E-state index contributed by atoms with van der Waals surface area (Å²) in [6.45, 7) is 7.41. The van der Waals surface area contributed by atoms with E-state index in [1.165, 1.54) is 0 Å². The van der Waals surface area contributed by atoms with Crippen molar-refractivity contribution in [2.45, 2.75) is 33.2 Å². The van der Waals surface area contributed by atoms with Crippen LogP contribution in [0.2, 0.25) is 0 Å². The summed E-state index contributed by atoms with van der Waals surface area (Å²) < 4.78 is 5.25. The Morgan fingerprint density at radius 2 is 1.65 bits per heavy atom. The van der Waals surface area contributed by atoms with Gasteiger partial charge in [-0.05, 0) is 49.6 Å². The minimum Gasteiger partial charge on any atom is -0.382 e. The zero-order chi connectivity index (χ0) is 22.6. The molecule has 31 heavy (non-hydrogen) atoms. The van der Waals surface area contributed by atoms with Crippen molar-refractivity contribution in [1.82, 2.24) is 10.6 Å². The lowest BCUT2D eigenvalue weighted by molar-refractivity contribution is -0.118. The monoisotopic (exact) mass is 425 g/mol. The largest absolute Gasteiger partial charge is 0.382 e. The summed E-state index contributed by atoms with van der Waals surface area (Å²) in [6, 6.07) is 14.8. The second-order valence-corrected chi connectivity index (χ2v) is 7.44. The average Bonchev–Trinajstić information content (AvgIpc) is 2.77. The highest BCUT2D eigenvalue weighted by molar-refractivity contribution is 6.02. The van der Waals surface area contributed by atoms with E-state index in [1.54, 1.807) is 48.5 Å². The number of amides is 3. The van der Waals surface area contributed by atoms with Crippen LogP contribution in [0.5, 0.6) is 0 Å². The first kappa shape index (κ1) is 24.1. The third-order valence-corrected chi connectivity index (χ3v) is 4.62. The van der Waals surface area contributed by atoms with Crippen LogP contribution in [0, 0.1) is 5.92 Å². The number of hydrogen-bond donors (Lipinski definition) is 3. The van der Waals surface area contributed by atoms with E-state index in [4.69, 9.17) is 4.74 Å². The molecule has 0 spiro atoms. The van der Waals surface area contributed by atoms with Crippen molar-refractivity contribution >= 4 is 23.4 Å². The summed E-state index contributed by atoms with van der Waals surface area (Å²) in [7, 11) is 0. The number of nitrogens with one attached hydrogen (secondary N) is 3. The second kappa shape index (κ2) is 12.5. The molecule has 1 unspecified atom stereocenters. The fourth-order valence-electron chi connectivity index (χ4n) is 2.93. The van der Waals surface area contributed by atoms with E-state index in [0.29, 0.717) is 36.6 Å². The molecule has 0 aliphatic heterocycles. The van der Waals surface area contributed by atoms with E-state index >= 15 is 0 Å². The molecule has 0 radical (unpaired) electrons. The van der Waals surface area contributed by atoms with Gasteiger partial charge in [0.2, 0.25) is 5.91 Å². The molecule has 2 aromatic carbocycles. The highest BCUT2D eigenvalue weighted by atomic mass is 16.5. The Morgan fingerprint density at radius 3 is 2.32 bits per heavy atom. The van der Waals surface area contributed by atoms with Gasteiger partial charge in [0.1, 0.15) is 6.04 Å². The molecule has 0 aromatic heterocycles. The fraction of sp³-hybridized carbons (Fsp3) is 0.375. The van der Waals surface area contributed by atoms with Crippen LogP contribution in [0.25, 0.3) is 0 Å². The van der Waals surface area contributed by atoms with Crippen molar-refractivity contribution in [1.29, 1.82) is 0 Å². The lowest BCUT2D eigenvalue weighted by Crippen LogP contribution is -2.47. The van der Waals surface area contributed by atoms with Gasteiger partial charge in [0.05, 0.1) is 0 Å². The Kier molecular flexibility index (Phi) is 9.71. The molecular formula is C24H31N3O4. The third-order valence-electron chi connectivity index (χ3n) is 4.62. The molecule has 7 heteroatoms. The van der Waals surface area contributed by atoms with Gasteiger partial charge >= 0.3 is 0 Å². The summed E-state index contributed by atoms with van der Waals surface area (Å²) in [5, 5.41) is 8.43. The normalized spacial score (nSPS) is 11.6. The number of carbonyl (C=O) groups is 3. The minimum absolute atomic E-state index is 0.121. The van der Waals surface area contributed by atoms with Crippen molar-refractivity contribution in [3.63, 3.8) is 0 Å². The lowest BCUT2D eigenvalue weighted by Gasteiger charge is -2.22. The molecule has 1 atom stereocenters. The molecule has 3 amide bonds. The number of hydrogen-bond acceptors (Lipinski definition) is 4. The van der Waals surface area contributed by atoms with Crippen LogP contribution in [0.1, 0.15) is 47.9 Å². The van der Waals surface area contributed by atoms with Crippen LogP contribution in [-0.2, 0) is 9.53 Å². The van der Waals surface area contributed by atoms with Crippen molar-refractivity contribution in [3.8, 4) is 0 Å². The second-order valence-electron chi connectivity index (χ2n) is 7.44. The maximum absolute atomic E-state index is 12.8. The maximum Gasteiger partial charge on any atom is 0.251 e. The Morgan fingerprint density at radius 1 is 0.935 bits per heavy atom. The topological polar surface area (TPSA) is 96.5 Å². The number of rotatable bonds is 11. The Bertz CT molecular complexity index is 868. The number of anilines is 1. The number of carbonyl (C=O) groups excluding carboxylic acids is 3. The summed E-state index contributed by atoms with van der Waals surface area (Å²) in [5.74, 6) is -0.988. The highest BCUT2D eigenvalue weighted by Crippen LogP contribution is 2.13. The summed E-state index contributed by atoms with van der Waals surface area (Å²) >= 11 is 0. The van der Waals surface area contributed by atoms with Crippen LogP contribution < -0.4 is 16.0 Å². The first-order valence-electron chi connectivity index (χ1n) is 10.5. The molecule has 2 aromatic rings. The average molecular weight is 426 g/mol. The van der Waals surface area contributed by atoms with Gasteiger partial charge in [-0.15, -0.1) is 0 Å². The molecule has 3 N–H and O–H groups in total. The van der Waals surface area contributed by atoms with Crippen molar-refractivity contribution in [3.05, 3.63) is 65.7 Å². The molecule has 0 heterocycles. The van der Waals surface area contributed by atoms with Crippen LogP contribution in [-0.4, -0.2) is 43.5 Å². The van der Waals surface area contributed by atoms with Crippen LogP contribution in [0.3, 0.4) is 0 Å². The predicted octanol–water partition coefficient (Wildman–Crippen LogP) is 3.24. The molecule has 7 nitrogen and oxygen atoms in total. The van der Waals surface area contributed by atoms with E-state index in [-0.39, 0.29) is 23.6 Å². The van der Waals surface area contributed by atoms with E-state index in [1.807, 2.05) is 26.8 Å². The number of benzene rings is 2.